The molecular formula is C12H24O4S. The molecule has 0 heterocycles. The van der Waals surface area contributed by atoms with Gasteiger partial charge in [0.25, 0.3) is 0 Å². The van der Waals surface area contributed by atoms with Gasteiger partial charge in [0.15, 0.2) is 0 Å². The highest BCUT2D eigenvalue weighted by Gasteiger charge is 2.22. The van der Waals surface area contributed by atoms with Crippen molar-refractivity contribution in [2.75, 3.05) is 0 Å². The third-order valence-corrected chi connectivity index (χ3v) is 1.90. The summed E-state index contributed by atoms with van der Waals surface area (Å²) in [7, 11) is 0. The summed E-state index contributed by atoms with van der Waals surface area (Å²) in [6.45, 7) is 11.1. The second-order valence-corrected chi connectivity index (χ2v) is 4.62. The Hall–Kier alpha value is -0.710. The highest BCUT2D eigenvalue weighted by Crippen LogP contribution is 2.14. The number of hydrogen-bond donors (Lipinski definition) is 1. The lowest BCUT2D eigenvalue weighted by molar-refractivity contribution is -0.159. The fraction of sp³-hybridized carbons (Fsp3) is 0.833. The van der Waals surface area contributed by atoms with Crippen molar-refractivity contribution in [2.45, 2.75) is 60.0 Å². The van der Waals surface area contributed by atoms with Gasteiger partial charge in [0, 0.05) is 19.3 Å². The van der Waals surface area contributed by atoms with Crippen LogP contribution in [0.5, 0.6) is 0 Å². The number of carbonyl (C=O) groups excluding carboxylic acids is 2. The van der Waals surface area contributed by atoms with Crippen LogP contribution in [-0.4, -0.2) is 17.5 Å². The molecule has 0 saturated carbocycles. The standard InChI is InChI=1S/C10H18O4S.C2H6/c1-7(5-6-8(11)14-15)9(12)13-10(2,3)4;1-2/h7,15H,5-6H2,1-4H3;1-2H3/t7-;/m0./s1. The number of esters is 1. The molecule has 0 unspecified atom stereocenters. The summed E-state index contributed by atoms with van der Waals surface area (Å²) in [6, 6.07) is 0. The quantitative estimate of drug-likeness (QED) is 0.481. The van der Waals surface area contributed by atoms with E-state index in [1.165, 1.54) is 0 Å². The van der Waals surface area contributed by atoms with Gasteiger partial charge in [-0.2, -0.15) is 0 Å². The van der Waals surface area contributed by atoms with Gasteiger partial charge in [-0.15, -0.1) is 0 Å². The normalized spacial score (nSPS) is 11.9. The zero-order valence-corrected chi connectivity index (χ0v) is 12.5. The van der Waals surface area contributed by atoms with Crippen LogP contribution in [0.4, 0.5) is 0 Å². The lowest BCUT2D eigenvalue weighted by atomic mass is 10.1. The van der Waals surface area contributed by atoms with E-state index in [-0.39, 0.29) is 18.3 Å². The van der Waals surface area contributed by atoms with Gasteiger partial charge in [-0.3, -0.25) is 9.59 Å². The van der Waals surface area contributed by atoms with E-state index in [4.69, 9.17) is 4.74 Å². The van der Waals surface area contributed by atoms with E-state index in [0.717, 1.165) is 0 Å². The van der Waals surface area contributed by atoms with E-state index in [9.17, 15) is 9.59 Å². The second-order valence-electron chi connectivity index (χ2n) is 4.44. The Morgan fingerprint density at radius 3 is 2.06 bits per heavy atom. The lowest BCUT2D eigenvalue weighted by Gasteiger charge is -2.22. The topological polar surface area (TPSA) is 52.6 Å². The molecule has 0 aromatic rings. The molecule has 1 atom stereocenters. The van der Waals surface area contributed by atoms with Crippen molar-refractivity contribution in [1.29, 1.82) is 0 Å². The van der Waals surface area contributed by atoms with Crippen LogP contribution in [0, 0.1) is 5.92 Å². The molecule has 0 aliphatic rings. The summed E-state index contributed by atoms with van der Waals surface area (Å²) < 4.78 is 9.34. The predicted octanol–water partition coefficient (Wildman–Crippen LogP) is 3.16. The smallest absolute Gasteiger partial charge is 0.317 e. The van der Waals surface area contributed by atoms with Gasteiger partial charge in [-0.25, -0.2) is 0 Å². The van der Waals surface area contributed by atoms with Gasteiger partial charge >= 0.3 is 11.9 Å². The Morgan fingerprint density at radius 1 is 1.24 bits per heavy atom. The zero-order chi connectivity index (χ0) is 14.1. The van der Waals surface area contributed by atoms with Crippen LogP contribution in [0.15, 0.2) is 0 Å². The molecule has 17 heavy (non-hydrogen) atoms. The maximum absolute atomic E-state index is 11.5. The largest absolute Gasteiger partial charge is 0.460 e. The second kappa shape index (κ2) is 9.33. The first kappa shape index (κ1) is 18.6. The van der Waals surface area contributed by atoms with Crippen LogP contribution in [-0.2, 0) is 18.5 Å². The minimum absolute atomic E-state index is 0.171. The molecule has 5 heteroatoms. The van der Waals surface area contributed by atoms with Crippen molar-refractivity contribution >= 4 is 24.8 Å². The number of thiol groups is 1. The highest BCUT2D eigenvalue weighted by molar-refractivity contribution is 7.75. The van der Waals surface area contributed by atoms with Gasteiger partial charge < -0.3 is 8.92 Å². The monoisotopic (exact) mass is 264 g/mol. The van der Waals surface area contributed by atoms with Gasteiger partial charge in [-0.1, -0.05) is 20.8 Å². The zero-order valence-electron chi connectivity index (χ0n) is 11.6. The van der Waals surface area contributed by atoms with E-state index < -0.39 is 11.6 Å². The lowest BCUT2D eigenvalue weighted by Crippen LogP contribution is -2.27. The molecular weight excluding hydrogens is 240 g/mol. The molecule has 0 amide bonds. The molecule has 0 N–H and O–H groups in total. The van der Waals surface area contributed by atoms with Crippen molar-refractivity contribution in [3.8, 4) is 0 Å². The Balaban J connectivity index is 0. The van der Waals surface area contributed by atoms with Crippen molar-refractivity contribution in [2.24, 2.45) is 5.92 Å². The Kier molecular flexibility index (Phi) is 10.2. The maximum atomic E-state index is 11.5. The van der Waals surface area contributed by atoms with E-state index in [1.807, 2.05) is 13.8 Å². The first-order valence-corrected chi connectivity index (χ1v) is 6.20. The van der Waals surface area contributed by atoms with Crippen LogP contribution >= 0.6 is 12.9 Å². The van der Waals surface area contributed by atoms with E-state index in [2.05, 4.69) is 17.1 Å². The van der Waals surface area contributed by atoms with E-state index in [1.54, 1.807) is 27.7 Å². The molecule has 0 aromatic carbocycles. The molecule has 0 aliphatic heterocycles. The van der Waals surface area contributed by atoms with Crippen LogP contribution in [0.25, 0.3) is 0 Å². The molecule has 0 rings (SSSR count). The van der Waals surface area contributed by atoms with Crippen LogP contribution in [0.1, 0.15) is 54.4 Å². The summed E-state index contributed by atoms with van der Waals surface area (Å²) in [5.74, 6) is -1.04. The Labute approximate surface area is 110 Å². The molecule has 102 valence electrons. The number of rotatable bonds is 4. The van der Waals surface area contributed by atoms with Gasteiger partial charge in [0.2, 0.25) is 0 Å². The van der Waals surface area contributed by atoms with Crippen molar-refractivity contribution < 1.29 is 18.5 Å². The number of hydrogen-bond acceptors (Lipinski definition) is 5. The first-order chi connectivity index (χ1) is 7.76. The SMILES string of the molecule is CC.C[C@@H](CCC(=O)OS)C(=O)OC(C)(C)C. The number of ether oxygens (including phenoxy) is 1. The molecule has 4 nitrogen and oxygen atoms in total. The minimum Gasteiger partial charge on any atom is -0.460 e. The average Bonchev–Trinajstić information content (AvgIpc) is 2.25. The fourth-order valence-corrected chi connectivity index (χ4v) is 0.992. The fourth-order valence-electron chi connectivity index (χ4n) is 0.900. The summed E-state index contributed by atoms with van der Waals surface area (Å²) in [6.07, 6.45) is 0.582. The first-order valence-electron chi connectivity index (χ1n) is 5.83. The third kappa shape index (κ3) is 11.6. The number of carbonyl (C=O) groups is 2. The van der Waals surface area contributed by atoms with Crippen LogP contribution in [0.3, 0.4) is 0 Å². The summed E-state index contributed by atoms with van der Waals surface area (Å²) in [4.78, 5) is 22.2. The van der Waals surface area contributed by atoms with Gasteiger partial charge in [-0.05, 0) is 27.2 Å². The minimum atomic E-state index is -0.491. The molecule has 0 saturated heterocycles. The van der Waals surface area contributed by atoms with E-state index >= 15 is 0 Å². The Bertz CT molecular complexity index is 233. The average molecular weight is 264 g/mol. The predicted molar refractivity (Wildman–Crippen MR) is 70.7 cm³/mol. The highest BCUT2D eigenvalue weighted by atomic mass is 32.1. The van der Waals surface area contributed by atoms with Crippen molar-refractivity contribution in [3.63, 3.8) is 0 Å². The van der Waals surface area contributed by atoms with Crippen LogP contribution < -0.4 is 0 Å². The summed E-state index contributed by atoms with van der Waals surface area (Å²) >= 11 is 3.37. The van der Waals surface area contributed by atoms with Gasteiger partial charge in [0.1, 0.15) is 5.60 Å². The molecule has 0 aliphatic carbocycles. The maximum Gasteiger partial charge on any atom is 0.317 e. The van der Waals surface area contributed by atoms with Crippen molar-refractivity contribution in [1.82, 2.24) is 0 Å². The van der Waals surface area contributed by atoms with Gasteiger partial charge in [0.05, 0.1) is 5.92 Å². The molecule has 0 aromatic heterocycles. The molecule has 0 bridgehead atoms. The Morgan fingerprint density at radius 2 is 1.71 bits per heavy atom. The summed E-state index contributed by atoms with van der Waals surface area (Å²) in [5, 5.41) is 0. The molecule has 0 fully saturated rings. The van der Waals surface area contributed by atoms with Crippen molar-refractivity contribution in [3.05, 3.63) is 0 Å². The van der Waals surface area contributed by atoms with Crippen LogP contribution in [0.2, 0.25) is 0 Å². The molecule has 0 spiro atoms. The third-order valence-electron chi connectivity index (χ3n) is 1.69. The van der Waals surface area contributed by atoms with E-state index in [0.29, 0.717) is 6.42 Å². The molecule has 0 radical (unpaired) electrons. The summed E-state index contributed by atoms with van der Waals surface area (Å²) in [5.41, 5.74) is -0.491.